The Kier molecular flexibility index (Phi) is 4.55. The molecule has 0 aliphatic carbocycles. The molecular weight excluding hydrogens is 310 g/mol. The van der Waals surface area contributed by atoms with E-state index in [4.69, 9.17) is 0 Å². The lowest BCUT2D eigenvalue weighted by atomic mass is 9.92. The third kappa shape index (κ3) is 3.33. The summed E-state index contributed by atoms with van der Waals surface area (Å²) in [4.78, 5) is 19.2. The number of aromatic nitrogens is 2. The molecule has 1 aliphatic rings. The van der Waals surface area contributed by atoms with Gasteiger partial charge in [0.1, 0.15) is 5.69 Å². The number of likely N-dealkylation sites (tertiary alicyclic amines) is 1. The molecule has 0 bridgehead atoms. The van der Waals surface area contributed by atoms with Gasteiger partial charge in [-0.25, -0.2) is 4.98 Å². The van der Waals surface area contributed by atoms with E-state index in [0.717, 1.165) is 29.1 Å². The van der Waals surface area contributed by atoms with E-state index >= 15 is 0 Å². The number of carbonyl (C=O) groups is 1. The van der Waals surface area contributed by atoms with Gasteiger partial charge >= 0.3 is 0 Å². The number of aliphatic hydroxyl groups excluding tert-OH is 1. The lowest BCUT2D eigenvalue weighted by Crippen LogP contribution is -2.41. The molecule has 0 aromatic carbocycles. The van der Waals surface area contributed by atoms with Gasteiger partial charge in [-0.3, -0.25) is 4.79 Å². The maximum atomic E-state index is 12.8. The van der Waals surface area contributed by atoms with E-state index in [2.05, 4.69) is 4.98 Å². The summed E-state index contributed by atoms with van der Waals surface area (Å²) in [5, 5.41) is 12.7. The van der Waals surface area contributed by atoms with Crippen LogP contribution in [-0.4, -0.2) is 44.7 Å². The van der Waals surface area contributed by atoms with Gasteiger partial charge in [0.25, 0.3) is 5.91 Å². The third-order valence-electron chi connectivity index (χ3n) is 4.65. The minimum atomic E-state index is -0.290. The molecule has 3 rings (SSSR count). The number of aryl methyl sites for hydroxylation is 2. The smallest absolute Gasteiger partial charge is 0.270 e. The third-order valence-corrected chi connectivity index (χ3v) is 5.42. The van der Waals surface area contributed by atoms with E-state index in [0.29, 0.717) is 24.7 Å². The zero-order valence-corrected chi connectivity index (χ0v) is 14.6. The molecule has 124 valence electrons. The second kappa shape index (κ2) is 6.45. The summed E-state index contributed by atoms with van der Waals surface area (Å²) in [5.41, 5.74) is 2.61. The first kappa shape index (κ1) is 16.2. The Morgan fingerprint density at radius 2 is 2.13 bits per heavy atom. The Labute approximate surface area is 140 Å². The molecule has 1 aliphatic heterocycles. The molecule has 23 heavy (non-hydrogen) atoms. The van der Waals surface area contributed by atoms with Crippen LogP contribution >= 0.6 is 11.3 Å². The Morgan fingerprint density at radius 1 is 1.43 bits per heavy atom. The second-order valence-corrected chi connectivity index (χ2v) is 7.41. The summed E-state index contributed by atoms with van der Waals surface area (Å²) in [7, 11) is 1.90. The molecule has 0 radical (unpaired) electrons. The fourth-order valence-electron chi connectivity index (χ4n) is 3.16. The molecule has 1 atom stereocenters. The van der Waals surface area contributed by atoms with Crippen molar-refractivity contribution in [3.63, 3.8) is 0 Å². The fourth-order valence-corrected chi connectivity index (χ4v) is 3.78. The molecule has 5 nitrogen and oxygen atoms in total. The average molecular weight is 333 g/mol. The molecule has 1 N–H and O–H groups in total. The minimum absolute atomic E-state index is 0.0646. The Bertz CT molecular complexity index is 697. The van der Waals surface area contributed by atoms with Crippen molar-refractivity contribution < 1.29 is 9.90 Å². The average Bonchev–Trinajstić information content (AvgIpc) is 3.12. The van der Waals surface area contributed by atoms with Crippen molar-refractivity contribution in [2.75, 3.05) is 13.1 Å². The molecule has 2 aromatic heterocycles. The molecule has 1 amide bonds. The molecule has 1 fully saturated rings. The number of hydrogen-bond acceptors (Lipinski definition) is 4. The van der Waals surface area contributed by atoms with Gasteiger partial charge < -0.3 is 14.6 Å². The van der Waals surface area contributed by atoms with Crippen molar-refractivity contribution in [2.24, 2.45) is 13.0 Å². The van der Waals surface area contributed by atoms with E-state index in [1.807, 2.05) is 48.0 Å². The van der Waals surface area contributed by atoms with Crippen LogP contribution in [0.15, 0.2) is 17.6 Å². The lowest BCUT2D eigenvalue weighted by Gasteiger charge is -2.33. The summed E-state index contributed by atoms with van der Waals surface area (Å²) >= 11 is 1.61. The van der Waals surface area contributed by atoms with Gasteiger partial charge in [-0.1, -0.05) is 0 Å². The van der Waals surface area contributed by atoms with Gasteiger partial charge in [-0.05, 0) is 38.7 Å². The van der Waals surface area contributed by atoms with Crippen molar-refractivity contribution in [2.45, 2.75) is 32.8 Å². The van der Waals surface area contributed by atoms with Crippen LogP contribution in [0.5, 0.6) is 0 Å². The molecule has 1 saturated heterocycles. The van der Waals surface area contributed by atoms with Crippen LogP contribution in [0.3, 0.4) is 0 Å². The first-order valence-corrected chi connectivity index (χ1v) is 8.90. The van der Waals surface area contributed by atoms with Crippen LogP contribution in [0, 0.1) is 12.8 Å². The van der Waals surface area contributed by atoms with Gasteiger partial charge in [0.05, 0.1) is 16.8 Å². The Balaban J connectivity index is 1.74. The highest BCUT2D eigenvalue weighted by atomic mass is 32.1. The number of thiazole rings is 1. The second-order valence-electron chi connectivity index (χ2n) is 6.35. The highest BCUT2D eigenvalue weighted by molar-refractivity contribution is 7.09. The monoisotopic (exact) mass is 333 g/mol. The number of hydrogen-bond donors (Lipinski definition) is 1. The number of carbonyl (C=O) groups excluding carboxylic acids is 1. The van der Waals surface area contributed by atoms with Crippen molar-refractivity contribution >= 4 is 17.2 Å². The maximum Gasteiger partial charge on any atom is 0.270 e. The number of amides is 1. The van der Waals surface area contributed by atoms with Crippen molar-refractivity contribution in [1.29, 1.82) is 0 Å². The van der Waals surface area contributed by atoms with E-state index < -0.39 is 0 Å². The molecule has 1 unspecified atom stereocenters. The first-order valence-electron chi connectivity index (χ1n) is 8.02. The van der Waals surface area contributed by atoms with E-state index in [1.165, 1.54) is 0 Å². The van der Waals surface area contributed by atoms with Crippen LogP contribution in [0.1, 0.15) is 35.3 Å². The highest BCUT2D eigenvalue weighted by Crippen LogP contribution is 2.26. The van der Waals surface area contributed by atoms with Crippen LogP contribution in [-0.2, 0) is 7.05 Å². The van der Waals surface area contributed by atoms with Crippen LogP contribution in [0.4, 0.5) is 0 Å². The maximum absolute atomic E-state index is 12.8. The fraction of sp³-hybridized carbons (Fsp3) is 0.529. The molecule has 3 heterocycles. The predicted molar refractivity (Wildman–Crippen MR) is 91.6 cm³/mol. The molecule has 0 spiro atoms. The first-order chi connectivity index (χ1) is 11.0. The number of rotatable bonds is 3. The van der Waals surface area contributed by atoms with E-state index in [9.17, 15) is 9.90 Å². The summed E-state index contributed by atoms with van der Waals surface area (Å²) in [6, 6.07) is 1.93. The zero-order chi connectivity index (χ0) is 16.6. The topological polar surface area (TPSA) is 58.4 Å². The van der Waals surface area contributed by atoms with Gasteiger partial charge in [-0.2, -0.15) is 0 Å². The summed E-state index contributed by atoms with van der Waals surface area (Å²) in [6.07, 6.45) is 3.41. The van der Waals surface area contributed by atoms with Gasteiger partial charge in [0.2, 0.25) is 0 Å². The van der Waals surface area contributed by atoms with Crippen molar-refractivity contribution in [3.8, 4) is 11.3 Å². The van der Waals surface area contributed by atoms with Gasteiger partial charge in [0, 0.05) is 37.3 Å². The zero-order valence-electron chi connectivity index (χ0n) is 13.8. The van der Waals surface area contributed by atoms with E-state index in [-0.39, 0.29) is 12.0 Å². The number of aliphatic hydroxyl groups is 1. The SMILES string of the molecule is Cc1nc(-c2cc(C(=O)N3CCC(C(C)O)CC3)n(C)c2)cs1. The minimum Gasteiger partial charge on any atom is -0.393 e. The summed E-state index contributed by atoms with van der Waals surface area (Å²) < 4.78 is 1.88. The predicted octanol–water partition coefficient (Wildman–Crippen LogP) is 2.69. The van der Waals surface area contributed by atoms with Gasteiger partial charge in [0.15, 0.2) is 0 Å². The molecular formula is C17H23N3O2S. The van der Waals surface area contributed by atoms with Gasteiger partial charge in [-0.15, -0.1) is 11.3 Å². The highest BCUT2D eigenvalue weighted by Gasteiger charge is 2.27. The molecule has 2 aromatic rings. The van der Waals surface area contributed by atoms with Crippen molar-refractivity contribution in [1.82, 2.24) is 14.5 Å². The number of nitrogens with zero attached hydrogens (tertiary/aromatic N) is 3. The van der Waals surface area contributed by atoms with Crippen LogP contribution < -0.4 is 0 Å². The summed E-state index contributed by atoms with van der Waals surface area (Å²) in [6.45, 7) is 5.24. The molecule has 6 heteroatoms. The quantitative estimate of drug-likeness (QED) is 0.939. The lowest BCUT2D eigenvalue weighted by molar-refractivity contribution is 0.0514. The standard InChI is InChI=1S/C17H23N3O2S/c1-11(21)13-4-6-20(7-5-13)17(22)16-8-14(9-19(16)3)15-10-23-12(2)18-15/h8-11,13,21H,4-7H2,1-3H3. The largest absolute Gasteiger partial charge is 0.393 e. The number of piperidine rings is 1. The normalized spacial score (nSPS) is 17.5. The van der Waals surface area contributed by atoms with Crippen molar-refractivity contribution in [3.05, 3.63) is 28.3 Å². The summed E-state index contributed by atoms with van der Waals surface area (Å²) in [5.74, 6) is 0.371. The Morgan fingerprint density at radius 3 is 2.70 bits per heavy atom. The van der Waals surface area contributed by atoms with E-state index in [1.54, 1.807) is 11.3 Å². The Hall–Kier alpha value is -1.66. The van der Waals surface area contributed by atoms with Crippen LogP contribution in [0.2, 0.25) is 0 Å². The van der Waals surface area contributed by atoms with Crippen LogP contribution in [0.25, 0.3) is 11.3 Å². The molecule has 0 saturated carbocycles.